The van der Waals surface area contributed by atoms with Gasteiger partial charge in [0.1, 0.15) is 0 Å². The number of hydrogen-bond acceptors (Lipinski definition) is 3. The van der Waals surface area contributed by atoms with Crippen LogP contribution in [0.5, 0.6) is 0 Å². The van der Waals surface area contributed by atoms with Crippen molar-refractivity contribution in [3.8, 4) is 5.69 Å². The molecule has 9 atom stereocenters. The van der Waals surface area contributed by atoms with Crippen molar-refractivity contribution < 1.29 is 8.42 Å². The number of aromatic nitrogens is 1. The summed E-state index contributed by atoms with van der Waals surface area (Å²) in [6.45, 7) is 2.44. The summed E-state index contributed by atoms with van der Waals surface area (Å²) in [6, 6.07) is 41.0. The highest BCUT2D eigenvalue weighted by Crippen LogP contribution is 2.70. The average molecular weight is 841 g/mol. The molecule has 63 heavy (non-hydrogen) atoms. The third-order valence-electron chi connectivity index (χ3n) is 16.5. The molecule has 0 saturated heterocycles. The Kier molecular flexibility index (Phi) is 8.39. The predicted molar refractivity (Wildman–Crippen MR) is 256 cm³/mol. The van der Waals surface area contributed by atoms with Crippen LogP contribution >= 0.6 is 0 Å². The topological polar surface area (TPSA) is 42.3 Å². The molecule has 0 amide bonds. The second-order valence-electron chi connectivity index (χ2n) is 19.8. The number of para-hydroxylation sites is 2. The van der Waals surface area contributed by atoms with Crippen molar-refractivity contribution in [2.75, 3.05) is 4.90 Å². The van der Waals surface area contributed by atoms with Gasteiger partial charge >= 0.3 is 0 Å². The summed E-state index contributed by atoms with van der Waals surface area (Å²) in [6.07, 6.45) is 29.2. The van der Waals surface area contributed by atoms with Gasteiger partial charge in [-0.25, -0.2) is 8.42 Å². The molecule has 3 fully saturated rings. The van der Waals surface area contributed by atoms with Crippen molar-refractivity contribution in [2.24, 2.45) is 35.5 Å². The number of hydrogen-bond donors (Lipinski definition) is 0. The van der Waals surface area contributed by atoms with E-state index in [1.807, 2.05) is 12.1 Å². The maximum absolute atomic E-state index is 15.4. The lowest BCUT2D eigenvalue weighted by atomic mass is 9.38. The van der Waals surface area contributed by atoms with Crippen molar-refractivity contribution >= 4 is 37.3 Å². The fourth-order valence-corrected chi connectivity index (χ4v) is 16.0. The van der Waals surface area contributed by atoms with E-state index in [1.165, 1.54) is 40.2 Å². The quantitative estimate of drug-likeness (QED) is 0.174. The summed E-state index contributed by atoms with van der Waals surface area (Å²) in [7, 11) is -3.82. The predicted octanol–water partition coefficient (Wildman–Crippen LogP) is 13.7. The van der Waals surface area contributed by atoms with E-state index in [-0.39, 0.29) is 29.1 Å². The van der Waals surface area contributed by atoms with E-state index in [9.17, 15) is 0 Å². The Bertz CT molecular complexity index is 3120. The number of rotatable bonds is 5. The zero-order valence-electron chi connectivity index (χ0n) is 35.7. The Morgan fingerprint density at radius 1 is 0.698 bits per heavy atom. The Morgan fingerprint density at radius 2 is 1.43 bits per heavy atom. The molecule has 6 aliphatic carbocycles. The standard InChI is InChI=1S/C58H52N2O2S/c1-37-31-41-33-42-35-58(36-43(32-37)57(41)58)51-30-29-46(34-56(51)63(61,62)55-20-9-6-14-48(42)55)59(52-19-10-12-40-11-2-3-13-47(40)52)44-25-21-38(22-26-44)39-23-27-45(28-24-39)60-53-17-7-4-15-49(53)50-16-5-8-18-54(50)60/h2-21,23-30,34,37-38,40-43,47,57H,22,31-33,35-36H2,1H3/t37-,38?,40?,41+,42?,43+,47+,57?,58?/m0/s1. The second kappa shape index (κ2) is 14.0. The van der Waals surface area contributed by atoms with Crippen molar-refractivity contribution in [1.29, 1.82) is 0 Å². The zero-order valence-corrected chi connectivity index (χ0v) is 36.5. The van der Waals surface area contributed by atoms with E-state index in [4.69, 9.17) is 0 Å². The molecule has 13 rings (SSSR count). The lowest BCUT2D eigenvalue weighted by molar-refractivity contribution is -0.104. The molecular formula is C58H52N2O2S. The number of fused-ring (bicyclic) bond motifs is 8. The van der Waals surface area contributed by atoms with Crippen LogP contribution in [0.1, 0.15) is 74.0 Å². The molecule has 2 heterocycles. The van der Waals surface area contributed by atoms with Crippen LogP contribution in [0, 0.1) is 35.5 Å². The number of benzene rings is 5. The van der Waals surface area contributed by atoms with E-state index < -0.39 is 9.84 Å². The minimum atomic E-state index is -3.82. The van der Waals surface area contributed by atoms with Gasteiger partial charge in [0.05, 0.1) is 20.8 Å². The lowest BCUT2D eigenvalue weighted by Crippen LogP contribution is -2.61. The van der Waals surface area contributed by atoms with Gasteiger partial charge in [-0.1, -0.05) is 128 Å². The number of sulfone groups is 1. The molecule has 0 radical (unpaired) electrons. The van der Waals surface area contributed by atoms with Gasteiger partial charge < -0.3 is 9.47 Å². The molecule has 5 heteroatoms. The highest BCUT2D eigenvalue weighted by atomic mass is 32.2. The summed E-state index contributed by atoms with van der Waals surface area (Å²) in [5.74, 6) is 3.49. The molecule has 7 aliphatic rings. The van der Waals surface area contributed by atoms with Crippen molar-refractivity contribution in [3.63, 3.8) is 0 Å². The van der Waals surface area contributed by atoms with Gasteiger partial charge in [0.2, 0.25) is 9.84 Å². The smallest absolute Gasteiger partial charge is 0.207 e. The van der Waals surface area contributed by atoms with E-state index >= 15 is 8.42 Å². The summed E-state index contributed by atoms with van der Waals surface area (Å²) < 4.78 is 33.1. The third-order valence-corrected chi connectivity index (χ3v) is 18.3. The molecular weight excluding hydrogens is 789 g/mol. The van der Waals surface area contributed by atoms with Crippen molar-refractivity contribution in [3.05, 3.63) is 204 Å². The number of anilines is 1. The molecule has 1 aliphatic heterocycles. The first kappa shape index (κ1) is 37.6. The zero-order chi connectivity index (χ0) is 42.0. The van der Waals surface area contributed by atoms with Crippen LogP contribution in [0.2, 0.25) is 0 Å². The molecule has 0 N–H and O–H groups in total. The van der Waals surface area contributed by atoms with E-state index in [0.717, 1.165) is 65.5 Å². The first-order chi connectivity index (χ1) is 30.9. The third kappa shape index (κ3) is 5.61. The highest BCUT2D eigenvalue weighted by molar-refractivity contribution is 7.91. The molecule has 1 aromatic heterocycles. The van der Waals surface area contributed by atoms with Gasteiger partial charge in [-0.15, -0.1) is 0 Å². The van der Waals surface area contributed by atoms with Crippen LogP contribution in [-0.4, -0.2) is 13.0 Å². The second-order valence-corrected chi connectivity index (χ2v) is 21.7. The van der Waals surface area contributed by atoms with Gasteiger partial charge in [0.25, 0.3) is 0 Å². The molecule has 2 bridgehead atoms. The highest BCUT2D eigenvalue weighted by Gasteiger charge is 2.64. The van der Waals surface area contributed by atoms with Gasteiger partial charge in [0.15, 0.2) is 0 Å². The summed E-state index contributed by atoms with van der Waals surface area (Å²) in [5, 5.41) is 2.53. The molecule has 5 aromatic carbocycles. The Morgan fingerprint density at radius 3 is 2.22 bits per heavy atom. The first-order valence-electron chi connectivity index (χ1n) is 23.3. The van der Waals surface area contributed by atoms with E-state index in [2.05, 4.69) is 180 Å². The monoisotopic (exact) mass is 840 g/mol. The van der Waals surface area contributed by atoms with Gasteiger partial charge in [-0.3, -0.25) is 0 Å². The van der Waals surface area contributed by atoms with E-state index in [1.54, 1.807) is 0 Å². The summed E-state index contributed by atoms with van der Waals surface area (Å²) in [4.78, 5) is 3.41. The van der Waals surface area contributed by atoms with Crippen LogP contribution < -0.4 is 4.90 Å². The Labute approximate surface area is 371 Å². The van der Waals surface area contributed by atoms with Crippen LogP contribution in [-0.2, 0) is 15.3 Å². The van der Waals surface area contributed by atoms with Crippen LogP contribution in [0.3, 0.4) is 0 Å². The number of nitrogens with zero attached hydrogens (tertiary/aromatic N) is 2. The largest absolute Gasteiger partial charge is 0.314 e. The molecule has 312 valence electrons. The maximum Gasteiger partial charge on any atom is 0.207 e. The molecule has 1 spiro atoms. The molecule has 5 unspecified atom stereocenters. The first-order valence-corrected chi connectivity index (χ1v) is 24.8. The normalized spacial score (nSPS) is 30.5. The number of allylic oxidation sites excluding steroid dienone is 10. The molecule has 6 aromatic rings. The summed E-state index contributed by atoms with van der Waals surface area (Å²) in [5.41, 5.74) is 10.1. The SMILES string of the molecule is C[C@@H]1C[C@@H]2CC34CC(C[C@@H](C1)C23)c1ccccc1S(=O)(=O)c1cc(N(C2=CCC(c3ccc(-n5c6ccccc6c6ccccc65)cc3)C=C2)C2=CC=CC3C=CC=C[C@@H]23)ccc14. The van der Waals surface area contributed by atoms with Gasteiger partial charge in [-0.05, 0) is 139 Å². The molecule has 3 saturated carbocycles. The Balaban J connectivity index is 0.894. The average Bonchev–Trinajstić information content (AvgIpc) is 3.65. The minimum absolute atomic E-state index is 0.0964. The maximum atomic E-state index is 15.4. The molecule has 4 nitrogen and oxygen atoms in total. The lowest BCUT2D eigenvalue weighted by Gasteiger charge is -2.66. The minimum Gasteiger partial charge on any atom is -0.314 e. The van der Waals surface area contributed by atoms with Crippen LogP contribution in [0.4, 0.5) is 5.69 Å². The van der Waals surface area contributed by atoms with Gasteiger partial charge in [-0.2, -0.15) is 0 Å². The fraction of sp³-hybridized carbons (Fsp3) is 0.276. The van der Waals surface area contributed by atoms with Crippen molar-refractivity contribution in [1.82, 2.24) is 4.57 Å². The van der Waals surface area contributed by atoms with E-state index in [0.29, 0.717) is 27.5 Å². The summed E-state index contributed by atoms with van der Waals surface area (Å²) >= 11 is 0. The Hall–Kier alpha value is -5.91. The van der Waals surface area contributed by atoms with Crippen molar-refractivity contribution in [2.45, 2.75) is 72.5 Å². The van der Waals surface area contributed by atoms with Crippen LogP contribution in [0.25, 0.3) is 27.5 Å². The fourth-order valence-electron chi connectivity index (χ4n) is 14.1. The van der Waals surface area contributed by atoms with Crippen LogP contribution in [0.15, 0.2) is 197 Å². The van der Waals surface area contributed by atoms with Gasteiger partial charge in [0, 0.05) is 56.7 Å².